The minimum Gasteiger partial charge on any atom is -0.491 e. The normalized spacial score (nSPS) is 17.2. The molecule has 1 aromatic carbocycles. The highest BCUT2D eigenvalue weighted by Gasteiger charge is 2.29. The van der Waals surface area contributed by atoms with Crippen LogP contribution >= 0.6 is 11.3 Å². The van der Waals surface area contributed by atoms with E-state index >= 15 is 0 Å². The fourth-order valence-corrected chi connectivity index (χ4v) is 5.66. The van der Waals surface area contributed by atoms with Crippen LogP contribution in [0.2, 0.25) is 0 Å². The van der Waals surface area contributed by atoms with E-state index in [1.807, 2.05) is 53.3 Å². The van der Waals surface area contributed by atoms with Gasteiger partial charge in [-0.15, -0.1) is 11.3 Å². The first-order chi connectivity index (χ1) is 17.8. The fourth-order valence-electron chi connectivity index (χ4n) is 4.69. The Morgan fingerprint density at radius 3 is 2.24 bits per heavy atom. The van der Waals surface area contributed by atoms with E-state index in [-0.39, 0.29) is 36.4 Å². The molecular formula is C27H36N4O5S. The molecule has 0 unspecified atom stereocenters. The van der Waals surface area contributed by atoms with Gasteiger partial charge in [0.05, 0.1) is 24.3 Å². The van der Waals surface area contributed by atoms with Crippen molar-refractivity contribution in [1.29, 1.82) is 0 Å². The average molecular weight is 529 g/mol. The molecule has 0 atom stereocenters. The van der Waals surface area contributed by atoms with E-state index in [0.717, 1.165) is 23.6 Å². The Morgan fingerprint density at radius 1 is 0.973 bits per heavy atom. The molecule has 0 radical (unpaired) electrons. The van der Waals surface area contributed by atoms with Gasteiger partial charge in [-0.05, 0) is 57.9 Å². The van der Waals surface area contributed by atoms with E-state index in [9.17, 15) is 14.4 Å². The molecule has 37 heavy (non-hydrogen) atoms. The summed E-state index contributed by atoms with van der Waals surface area (Å²) in [6.45, 7) is 10.1. The van der Waals surface area contributed by atoms with Gasteiger partial charge in [0, 0.05) is 56.1 Å². The second kappa shape index (κ2) is 12.5. The van der Waals surface area contributed by atoms with Crippen molar-refractivity contribution in [3.05, 3.63) is 45.9 Å². The third-order valence-corrected chi connectivity index (χ3v) is 7.67. The predicted molar refractivity (Wildman–Crippen MR) is 141 cm³/mol. The topological polar surface area (TPSA) is 92.3 Å². The number of piperazine rings is 1. The Bertz CT molecular complexity index is 1070. The zero-order valence-corrected chi connectivity index (χ0v) is 22.7. The zero-order valence-electron chi connectivity index (χ0n) is 21.9. The lowest BCUT2D eigenvalue weighted by atomic mass is 9.97. The number of aromatic nitrogens is 1. The summed E-state index contributed by atoms with van der Waals surface area (Å²) in [5, 5.41) is 2.81. The van der Waals surface area contributed by atoms with Crippen molar-refractivity contribution in [3.63, 3.8) is 0 Å². The Hall–Kier alpha value is -2.98. The molecule has 2 aromatic rings. The molecule has 1 aromatic heterocycles. The number of hydrogen-bond donors (Lipinski definition) is 0. The van der Waals surface area contributed by atoms with Crippen LogP contribution in [0.5, 0.6) is 5.75 Å². The van der Waals surface area contributed by atoms with Crippen molar-refractivity contribution in [2.75, 3.05) is 52.4 Å². The Kier molecular flexibility index (Phi) is 9.15. The molecule has 2 amide bonds. The number of rotatable bonds is 8. The van der Waals surface area contributed by atoms with Crippen LogP contribution in [0.1, 0.15) is 65.4 Å². The van der Waals surface area contributed by atoms with Crippen LogP contribution in [0.15, 0.2) is 29.6 Å². The summed E-state index contributed by atoms with van der Waals surface area (Å²) in [5.41, 5.74) is 1.15. The lowest BCUT2D eigenvalue weighted by Crippen LogP contribution is -2.50. The Balaban J connectivity index is 1.25. The molecule has 4 rings (SSSR count). The van der Waals surface area contributed by atoms with Gasteiger partial charge in [0.1, 0.15) is 11.4 Å². The summed E-state index contributed by atoms with van der Waals surface area (Å²) in [6.07, 6.45) is 1.75. The standard InChI is InChI=1S/C27H36N4O5S/c1-4-35-24(32)17-29-13-15-31(16-14-29)27(34)23-18-37-25(28-23)20-9-11-30(12-10-20)26(33)21-5-7-22(8-6-21)36-19(2)3/h5-8,18-20H,4,9-17H2,1-3H3. The molecule has 3 heterocycles. The summed E-state index contributed by atoms with van der Waals surface area (Å²) < 4.78 is 10.7. The molecule has 0 N–H and O–H groups in total. The molecule has 0 aliphatic carbocycles. The highest BCUT2D eigenvalue weighted by atomic mass is 32.1. The molecule has 2 aliphatic rings. The van der Waals surface area contributed by atoms with Crippen molar-refractivity contribution in [2.45, 2.75) is 45.6 Å². The number of nitrogens with zero attached hydrogens (tertiary/aromatic N) is 4. The number of esters is 1. The minimum atomic E-state index is -0.228. The van der Waals surface area contributed by atoms with Crippen molar-refractivity contribution < 1.29 is 23.9 Å². The van der Waals surface area contributed by atoms with Gasteiger partial charge >= 0.3 is 5.97 Å². The minimum absolute atomic E-state index is 0.0339. The van der Waals surface area contributed by atoms with Gasteiger partial charge in [0.2, 0.25) is 0 Å². The number of thiazole rings is 1. The van der Waals surface area contributed by atoms with Gasteiger partial charge in [0.15, 0.2) is 0 Å². The molecule has 0 saturated carbocycles. The van der Waals surface area contributed by atoms with E-state index in [1.54, 1.807) is 11.8 Å². The molecule has 9 nitrogen and oxygen atoms in total. The second-order valence-electron chi connectivity index (χ2n) is 9.70. The SMILES string of the molecule is CCOC(=O)CN1CCN(C(=O)c2csc(C3CCN(C(=O)c4ccc(OC(C)C)cc4)CC3)n2)CC1. The van der Waals surface area contributed by atoms with Crippen LogP contribution in [0.25, 0.3) is 0 Å². The van der Waals surface area contributed by atoms with E-state index in [4.69, 9.17) is 9.47 Å². The molecule has 0 spiro atoms. The molecule has 2 aliphatic heterocycles. The van der Waals surface area contributed by atoms with E-state index in [0.29, 0.717) is 57.1 Å². The van der Waals surface area contributed by atoms with E-state index < -0.39 is 0 Å². The second-order valence-corrected chi connectivity index (χ2v) is 10.6. The first-order valence-electron chi connectivity index (χ1n) is 13.0. The van der Waals surface area contributed by atoms with Gasteiger partial charge in [0.25, 0.3) is 11.8 Å². The molecule has 200 valence electrons. The monoisotopic (exact) mass is 528 g/mol. The van der Waals surface area contributed by atoms with Gasteiger partial charge in [-0.3, -0.25) is 19.3 Å². The molecule has 2 fully saturated rings. The van der Waals surface area contributed by atoms with Gasteiger partial charge in [-0.25, -0.2) is 4.98 Å². The zero-order chi connectivity index (χ0) is 26.4. The Morgan fingerprint density at radius 2 is 1.62 bits per heavy atom. The number of carbonyl (C=O) groups excluding carboxylic acids is 3. The number of hydrogen-bond acceptors (Lipinski definition) is 8. The average Bonchev–Trinajstić information content (AvgIpc) is 3.39. The number of piperidine rings is 1. The number of ether oxygens (including phenoxy) is 2. The summed E-state index contributed by atoms with van der Waals surface area (Å²) in [7, 11) is 0. The largest absolute Gasteiger partial charge is 0.491 e. The summed E-state index contributed by atoms with van der Waals surface area (Å²) in [5.74, 6) is 0.757. The number of benzene rings is 1. The summed E-state index contributed by atoms with van der Waals surface area (Å²) in [6, 6.07) is 7.33. The lowest BCUT2D eigenvalue weighted by molar-refractivity contribution is -0.144. The maximum absolute atomic E-state index is 13.0. The maximum atomic E-state index is 13.0. The quantitative estimate of drug-likeness (QED) is 0.486. The van der Waals surface area contributed by atoms with Crippen LogP contribution in [-0.4, -0.2) is 96.0 Å². The number of carbonyl (C=O) groups is 3. The van der Waals surface area contributed by atoms with Crippen LogP contribution in [0, 0.1) is 0 Å². The van der Waals surface area contributed by atoms with Gasteiger partial charge < -0.3 is 19.3 Å². The first kappa shape index (κ1) is 27.1. The smallest absolute Gasteiger partial charge is 0.320 e. The van der Waals surface area contributed by atoms with Crippen molar-refractivity contribution in [1.82, 2.24) is 19.7 Å². The van der Waals surface area contributed by atoms with Gasteiger partial charge in [-0.1, -0.05) is 0 Å². The highest BCUT2D eigenvalue weighted by molar-refractivity contribution is 7.09. The van der Waals surface area contributed by atoms with E-state index in [2.05, 4.69) is 4.98 Å². The summed E-state index contributed by atoms with van der Waals surface area (Å²) >= 11 is 1.53. The van der Waals surface area contributed by atoms with E-state index in [1.165, 1.54) is 11.3 Å². The Labute approximate surface area is 222 Å². The fraction of sp³-hybridized carbons (Fsp3) is 0.556. The number of likely N-dealkylation sites (tertiary alicyclic amines) is 1. The number of amides is 2. The van der Waals surface area contributed by atoms with Crippen molar-refractivity contribution in [2.24, 2.45) is 0 Å². The molecule has 2 saturated heterocycles. The summed E-state index contributed by atoms with van der Waals surface area (Å²) in [4.78, 5) is 48.0. The molecule has 10 heteroatoms. The first-order valence-corrected chi connectivity index (χ1v) is 13.9. The predicted octanol–water partition coefficient (Wildman–Crippen LogP) is 3.27. The third kappa shape index (κ3) is 7.07. The molecular weight excluding hydrogens is 492 g/mol. The highest BCUT2D eigenvalue weighted by Crippen LogP contribution is 2.31. The van der Waals surface area contributed by atoms with Crippen molar-refractivity contribution >= 4 is 29.1 Å². The lowest BCUT2D eigenvalue weighted by Gasteiger charge is -2.33. The van der Waals surface area contributed by atoms with Crippen LogP contribution in [0.3, 0.4) is 0 Å². The van der Waals surface area contributed by atoms with Crippen molar-refractivity contribution in [3.8, 4) is 5.75 Å². The third-order valence-electron chi connectivity index (χ3n) is 6.66. The van der Waals surface area contributed by atoms with Crippen LogP contribution in [-0.2, 0) is 9.53 Å². The molecule has 0 bridgehead atoms. The maximum Gasteiger partial charge on any atom is 0.320 e. The van der Waals surface area contributed by atoms with Crippen LogP contribution in [0.4, 0.5) is 0 Å². The van der Waals surface area contributed by atoms with Gasteiger partial charge in [-0.2, -0.15) is 0 Å². The van der Waals surface area contributed by atoms with Crippen LogP contribution < -0.4 is 4.74 Å².